The second-order valence-electron chi connectivity index (χ2n) is 5.74. The Labute approximate surface area is 160 Å². The van der Waals surface area contributed by atoms with Crippen molar-refractivity contribution in [2.24, 2.45) is 4.99 Å². The van der Waals surface area contributed by atoms with Crippen LogP contribution in [0.4, 0.5) is 5.69 Å². The Morgan fingerprint density at radius 3 is 2.46 bits per heavy atom. The summed E-state index contributed by atoms with van der Waals surface area (Å²) in [5.74, 6) is 0.723. The third-order valence-corrected chi connectivity index (χ3v) is 4.50. The zero-order valence-corrected chi connectivity index (χ0v) is 16.0. The molecule has 26 heavy (non-hydrogen) atoms. The Kier molecular flexibility index (Phi) is 5.20. The summed E-state index contributed by atoms with van der Waals surface area (Å²) in [6.45, 7) is 3.61. The van der Waals surface area contributed by atoms with E-state index in [4.69, 9.17) is 27.9 Å². The molecule has 0 saturated heterocycles. The van der Waals surface area contributed by atoms with E-state index >= 15 is 0 Å². The summed E-state index contributed by atoms with van der Waals surface area (Å²) in [4.78, 5) is 17.4. The maximum absolute atomic E-state index is 12.9. The zero-order valence-electron chi connectivity index (χ0n) is 14.5. The van der Waals surface area contributed by atoms with E-state index in [0.717, 1.165) is 11.4 Å². The molecule has 1 N–H and O–H groups in total. The number of halogens is 2. The molecule has 0 aliphatic rings. The van der Waals surface area contributed by atoms with Crippen LogP contribution in [0, 0.1) is 6.92 Å². The highest BCUT2D eigenvalue weighted by atomic mass is 35.5. The summed E-state index contributed by atoms with van der Waals surface area (Å²) < 4.78 is 6.63. The van der Waals surface area contributed by atoms with E-state index in [9.17, 15) is 4.79 Å². The van der Waals surface area contributed by atoms with Crippen molar-refractivity contribution < 1.29 is 4.74 Å². The van der Waals surface area contributed by atoms with Crippen molar-refractivity contribution in [3.05, 3.63) is 74.1 Å². The van der Waals surface area contributed by atoms with Crippen molar-refractivity contribution in [2.45, 2.75) is 13.8 Å². The Bertz CT molecular complexity index is 1030. The number of benzene rings is 2. The number of rotatable bonds is 4. The molecule has 134 valence electrons. The molecule has 0 atom stereocenters. The summed E-state index contributed by atoms with van der Waals surface area (Å²) in [5, 5.41) is 4.05. The van der Waals surface area contributed by atoms with Gasteiger partial charge in [0.2, 0.25) is 0 Å². The zero-order chi connectivity index (χ0) is 18.8. The van der Waals surface area contributed by atoms with Crippen molar-refractivity contribution in [2.75, 3.05) is 7.11 Å². The number of ether oxygens (including phenoxy) is 1. The first-order valence-corrected chi connectivity index (χ1v) is 8.63. The second-order valence-corrected chi connectivity index (χ2v) is 6.59. The first kappa shape index (κ1) is 18.3. The Morgan fingerprint density at radius 2 is 1.85 bits per heavy atom. The summed E-state index contributed by atoms with van der Waals surface area (Å²) >= 11 is 12.1. The van der Waals surface area contributed by atoms with Crippen LogP contribution in [0.15, 0.2) is 52.3 Å². The van der Waals surface area contributed by atoms with Crippen LogP contribution in [0.3, 0.4) is 0 Å². The van der Waals surface area contributed by atoms with Gasteiger partial charge in [0.15, 0.2) is 0 Å². The first-order chi connectivity index (χ1) is 12.4. The predicted octanol–water partition coefficient (Wildman–Crippen LogP) is 4.93. The van der Waals surface area contributed by atoms with Gasteiger partial charge in [-0.15, -0.1) is 0 Å². The average molecular weight is 390 g/mol. The van der Waals surface area contributed by atoms with E-state index in [1.165, 1.54) is 4.68 Å². The fraction of sp³-hybridized carbons (Fsp3) is 0.158. The topological polar surface area (TPSA) is 59.4 Å². The molecule has 1 aromatic heterocycles. The van der Waals surface area contributed by atoms with E-state index in [1.54, 1.807) is 44.4 Å². The van der Waals surface area contributed by atoms with Crippen LogP contribution in [-0.4, -0.2) is 22.6 Å². The van der Waals surface area contributed by atoms with Crippen LogP contribution >= 0.6 is 23.2 Å². The number of methoxy groups -OCH3 is 1. The highest BCUT2D eigenvalue weighted by Gasteiger charge is 2.15. The third kappa shape index (κ3) is 3.54. The summed E-state index contributed by atoms with van der Waals surface area (Å²) in [5.41, 5.74) is 2.88. The maximum Gasteiger partial charge on any atom is 0.280 e. The van der Waals surface area contributed by atoms with Crippen molar-refractivity contribution in [3.63, 3.8) is 0 Å². The first-order valence-electron chi connectivity index (χ1n) is 7.87. The maximum atomic E-state index is 12.9. The van der Waals surface area contributed by atoms with E-state index in [1.807, 2.05) is 19.1 Å². The molecule has 3 rings (SSSR count). The lowest BCUT2D eigenvalue weighted by atomic mass is 10.1. The molecular weight excluding hydrogens is 373 g/mol. The van der Waals surface area contributed by atoms with Gasteiger partial charge >= 0.3 is 0 Å². The molecule has 0 bridgehead atoms. The van der Waals surface area contributed by atoms with Crippen LogP contribution in [0.2, 0.25) is 10.0 Å². The van der Waals surface area contributed by atoms with Gasteiger partial charge in [-0.3, -0.25) is 14.9 Å². The lowest BCUT2D eigenvalue weighted by molar-refractivity contribution is 0.414. The van der Waals surface area contributed by atoms with Crippen LogP contribution in [-0.2, 0) is 0 Å². The van der Waals surface area contributed by atoms with Gasteiger partial charge in [-0.25, -0.2) is 4.68 Å². The fourth-order valence-electron chi connectivity index (χ4n) is 2.69. The Hall–Kier alpha value is -2.50. The number of nitrogens with one attached hydrogen (secondary N) is 1. The molecule has 3 aromatic rings. The predicted molar refractivity (Wildman–Crippen MR) is 106 cm³/mol. The molecular formula is C19H17Cl2N3O2. The lowest BCUT2D eigenvalue weighted by Gasteiger charge is -2.03. The second kappa shape index (κ2) is 7.40. The molecule has 0 unspecified atom stereocenters. The number of aliphatic imine (C=N–C) groups is 1. The number of hydrogen-bond donors (Lipinski definition) is 1. The van der Waals surface area contributed by atoms with Crippen molar-refractivity contribution in [3.8, 4) is 11.4 Å². The van der Waals surface area contributed by atoms with Crippen molar-refractivity contribution >= 4 is 34.6 Å². The monoisotopic (exact) mass is 389 g/mol. The fourth-order valence-corrected chi connectivity index (χ4v) is 3.15. The van der Waals surface area contributed by atoms with Gasteiger partial charge in [0.25, 0.3) is 5.56 Å². The van der Waals surface area contributed by atoms with Crippen LogP contribution in [0.25, 0.3) is 5.69 Å². The molecule has 0 aliphatic heterocycles. The molecule has 0 radical (unpaired) electrons. The van der Waals surface area contributed by atoms with E-state index < -0.39 is 0 Å². The van der Waals surface area contributed by atoms with Crippen LogP contribution in [0.1, 0.15) is 18.2 Å². The number of nitrogens with zero attached hydrogens (tertiary/aromatic N) is 2. The van der Waals surface area contributed by atoms with Gasteiger partial charge < -0.3 is 4.74 Å². The number of aromatic amines is 1. The van der Waals surface area contributed by atoms with E-state index in [-0.39, 0.29) is 5.56 Å². The van der Waals surface area contributed by atoms with Crippen LogP contribution in [0.5, 0.6) is 5.75 Å². The van der Waals surface area contributed by atoms with E-state index in [0.29, 0.717) is 32.7 Å². The minimum absolute atomic E-state index is 0.181. The smallest absolute Gasteiger partial charge is 0.280 e. The summed E-state index contributed by atoms with van der Waals surface area (Å²) in [6.07, 6.45) is 0. The molecule has 0 aliphatic carbocycles. The molecule has 0 spiro atoms. The Morgan fingerprint density at radius 1 is 1.15 bits per heavy atom. The van der Waals surface area contributed by atoms with Gasteiger partial charge in [0.1, 0.15) is 5.75 Å². The van der Waals surface area contributed by atoms with Crippen molar-refractivity contribution in [1.82, 2.24) is 9.78 Å². The standard InChI is InChI=1S/C19H17Cl2N3O2/c1-11(22-17-9-4-13(20)10-16(17)21)18-12(2)23-24(19(18)25)14-5-7-15(26-3)8-6-14/h4-10,23H,1-3H3. The SMILES string of the molecule is COc1ccc(-n2[nH]c(C)c(C(C)=Nc3ccc(Cl)cc3Cl)c2=O)cc1. The van der Waals surface area contributed by atoms with Gasteiger partial charge in [0, 0.05) is 10.7 Å². The molecule has 5 nitrogen and oxygen atoms in total. The molecule has 1 heterocycles. The van der Waals surface area contributed by atoms with Crippen LogP contribution < -0.4 is 10.3 Å². The van der Waals surface area contributed by atoms with Gasteiger partial charge in [0.05, 0.1) is 34.8 Å². The minimum Gasteiger partial charge on any atom is -0.497 e. The normalized spacial score (nSPS) is 11.7. The third-order valence-electron chi connectivity index (χ3n) is 3.96. The molecule has 0 amide bonds. The number of aromatic nitrogens is 2. The lowest BCUT2D eigenvalue weighted by Crippen LogP contribution is -2.19. The molecule has 7 heteroatoms. The van der Waals surface area contributed by atoms with E-state index in [2.05, 4.69) is 10.1 Å². The number of aryl methyl sites for hydroxylation is 1. The minimum atomic E-state index is -0.181. The quantitative estimate of drug-likeness (QED) is 0.642. The summed E-state index contributed by atoms with van der Waals surface area (Å²) in [7, 11) is 1.60. The highest BCUT2D eigenvalue weighted by molar-refractivity contribution is 6.36. The molecule has 0 saturated carbocycles. The van der Waals surface area contributed by atoms with Gasteiger partial charge in [-0.2, -0.15) is 0 Å². The highest BCUT2D eigenvalue weighted by Crippen LogP contribution is 2.28. The average Bonchev–Trinajstić information content (AvgIpc) is 2.92. The number of hydrogen-bond acceptors (Lipinski definition) is 3. The largest absolute Gasteiger partial charge is 0.497 e. The molecule has 0 fully saturated rings. The summed E-state index contributed by atoms with van der Waals surface area (Å²) in [6, 6.07) is 12.3. The Balaban J connectivity index is 2.04. The number of H-pyrrole nitrogens is 1. The van der Waals surface area contributed by atoms with Crippen molar-refractivity contribution in [1.29, 1.82) is 0 Å². The van der Waals surface area contributed by atoms with Gasteiger partial charge in [-0.05, 0) is 56.3 Å². The molecule has 2 aromatic carbocycles. The van der Waals surface area contributed by atoms with Gasteiger partial charge in [-0.1, -0.05) is 23.2 Å².